The molecule has 1 aromatic heterocycles. The van der Waals surface area contributed by atoms with Gasteiger partial charge in [-0.15, -0.1) is 37.2 Å². The van der Waals surface area contributed by atoms with Gasteiger partial charge in [-0.25, -0.2) is 4.98 Å². The van der Waals surface area contributed by atoms with Gasteiger partial charge in [-0.2, -0.15) is 13.2 Å². The number of hydrogen-bond donors (Lipinski definition) is 2. The fourth-order valence-electron chi connectivity index (χ4n) is 0.810. The molecule has 0 aliphatic rings. The van der Waals surface area contributed by atoms with Gasteiger partial charge in [0, 0.05) is 0 Å². The third kappa shape index (κ3) is 5.60. The van der Waals surface area contributed by atoms with E-state index in [-0.39, 0.29) is 48.7 Å². The SMILES string of the molecule is Cl.Cl.Cl.Nc1cccc([C@@H](N)C(F)(F)F)n1. The average molecular weight is 301 g/mol. The monoisotopic (exact) mass is 299 g/mol. The topological polar surface area (TPSA) is 64.9 Å². The second-order valence-electron chi connectivity index (χ2n) is 2.51. The first-order valence-electron chi connectivity index (χ1n) is 3.46. The first kappa shape index (κ1) is 20.9. The van der Waals surface area contributed by atoms with Crippen molar-refractivity contribution in [2.45, 2.75) is 12.2 Å². The van der Waals surface area contributed by atoms with E-state index in [4.69, 9.17) is 11.5 Å². The molecule has 0 aliphatic carbocycles. The number of nitrogens with two attached hydrogens (primary N) is 2. The Morgan fingerprint density at radius 3 is 2.00 bits per heavy atom. The molecule has 16 heavy (non-hydrogen) atoms. The van der Waals surface area contributed by atoms with Crippen LogP contribution in [0.1, 0.15) is 11.7 Å². The summed E-state index contributed by atoms with van der Waals surface area (Å²) in [5.41, 5.74) is 9.83. The Hall–Kier alpha value is -0.430. The molecule has 0 saturated heterocycles. The van der Waals surface area contributed by atoms with Crippen LogP contribution in [0.4, 0.5) is 19.0 Å². The summed E-state index contributed by atoms with van der Waals surface area (Å²) in [5.74, 6) is 0.0252. The molecule has 9 heteroatoms. The van der Waals surface area contributed by atoms with Gasteiger partial charge >= 0.3 is 6.18 Å². The van der Waals surface area contributed by atoms with E-state index in [1.165, 1.54) is 18.2 Å². The van der Waals surface area contributed by atoms with E-state index in [0.29, 0.717) is 0 Å². The van der Waals surface area contributed by atoms with Crippen LogP contribution in [0.3, 0.4) is 0 Å². The molecule has 1 rings (SSSR count). The highest BCUT2D eigenvalue weighted by molar-refractivity contribution is 5.86. The number of anilines is 1. The minimum Gasteiger partial charge on any atom is -0.384 e. The quantitative estimate of drug-likeness (QED) is 0.837. The Balaban J connectivity index is -0.000000563. The Morgan fingerprint density at radius 2 is 1.62 bits per heavy atom. The predicted octanol–water partition coefficient (Wildman–Crippen LogP) is 2.49. The first-order chi connectivity index (χ1) is 5.91. The molecule has 0 radical (unpaired) electrons. The predicted molar refractivity (Wildman–Crippen MR) is 63.4 cm³/mol. The lowest BCUT2D eigenvalue weighted by atomic mass is 10.2. The summed E-state index contributed by atoms with van der Waals surface area (Å²) in [4.78, 5) is 3.47. The minimum atomic E-state index is -4.49. The van der Waals surface area contributed by atoms with E-state index in [1.54, 1.807) is 0 Å². The zero-order valence-electron chi connectivity index (χ0n) is 7.77. The van der Waals surface area contributed by atoms with Crippen molar-refractivity contribution in [3.8, 4) is 0 Å². The first-order valence-corrected chi connectivity index (χ1v) is 3.46. The largest absolute Gasteiger partial charge is 0.409 e. The van der Waals surface area contributed by atoms with Gasteiger partial charge in [-0.1, -0.05) is 6.07 Å². The third-order valence-electron chi connectivity index (χ3n) is 1.46. The minimum absolute atomic E-state index is 0. The van der Waals surface area contributed by atoms with Crippen molar-refractivity contribution in [2.24, 2.45) is 5.73 Å². The van der Waals surface area contributed by atoms with Crippen molar-refractivity contribution in [1.29, 1.82) is 0 Å². The number of aromatic nitrogens is 1. The summed E-state index contributed by atoms with van der Waals surface area (Å²) in [5, 5.41) is 0. The van der Waals surface area contributed by atoms with Gasteiger partial charge < -0.3 is 11.5 Å². The normalized spacial score (nSPS) is 11.5. The highest BCUT2D eigenvalue weighted by Gasteiger charge is 2.38. The lowest BCUT2D eigenvalue weighted by Gasteiger charge is -2.14. The second kappa shape index (κ2) is 7.78. The number of alkyl halides is 3. The van der Waals surface area contributed by atoms with E-state index in [0.717, 1.165) is 0 Å². The van der Waals surface area contributed by atoms with Gasteiger partial charge in [0.2, 0.25) is 0 Å². The van der Waals surface area contributed by atoms with E-state index in [2.05, 4.69) is 4.98 Å². The molecule has 0 bridgehead atoms. The maximum absolute atomic E-state index is 12.1. The van der Waals surface area contributed by atoms with Crippen molar-refractivity contribution in [3.05, 3.63) is 23.9 Å². The highest BCUT2D eigenvalue weighted by atomic mass is 35.5. The summed E-state index contributed by atoms with van der Waals surface area (Å²) >= 11 is 0. The molecule has 4 N–H and O–H groups in total. The van der Waals surface area contributed by atoms with Crippen LogP contribution in [0.25, 0.3) is 0 Å². The number of halogens is 6. The smallest absolute Gasteiger partial charge is 0.384 e. The molecule has 0 aliphatic heterocycles. The lowest BCUT2D eigenvalue weighted by Crippen LogP contribution is -2.29. The maximum atomic E-state index is 12.1. The Morgan fingerprint density at radius 1 is 1.12 bits per heavy atom. The van der Waals surface area contributed by atoms with Gasteiger partial charge in [0.15, 0.2) is 0 Å². The van der Waals surface area contributed by atoms with Crippen LogP contribution < -0.4 is 11.5 Å². The molecule has 1 heterocycles. The number of nitrogens with zero attached hydrogens (tertiary/aromatic N) is 1. The van der Waals surface area contributed by atoms with Gasteiger partial charge in [-0.3, -0.25) is 0 Å². The van der Waals surface area contributed by atoms with Gasteiger partial charge in [0.25, 0.3) is 0 Å². The van der Waals surface area contributed by atoms with Gasteiger partial charge in [-0.05, 0) is 12.1 Å². The summed E-state index contributed by atoms with van der Waals surface area (Å²) in [6, 6.07) is 1.89. The molecule has 96 valence electrons. The van der Waals surface area contributed by atoms with Crippen LogP contribution in [0.2, 0.25) is 0 Å². The molecule has 0 aromatic carbocycles. The molecular formula is C7H11Cl3F3N3. The van der Waals surface area contributed by atoms with Gasteiger partial charge in [0.1, 0.15) is 11.9 Å². The van der Waals surface area contributed by atoms with Crippen molar-refractivity contribution in [3.63, 3.8) is 0 Å². The van der Waals surface area contributed by atoms with Crippen molar-refractivity contribution >= 4 is 43.0 Å². The maximum Gasteiger partial charge on any atom is 0.409 e. The van der Waals surface area contributed by atoms with Crippen LogP contribution in [0, 0.1) is 0 Å². The average Bonchev–Trinajstić information content (AvgIpc) is 2.01. The zero-order valence-corrected chi connectivity index (χ0v) is 10.2. The number of rotatable bonds is 1. The summed E-state index contributed by atoms with van der Waals surface area (Å²) < 4.78 is 36.2. The van der Waals surface area contributed by atoms with Crippen LogP contribution in [-0.4, -0.2) is 11.2 Å². The molecule has 0 spiro atoms. The number of pyridine rings is 1. The molecule has 3 nitrogen and oxygen atoms in total. The Kier molecular flexibility index (Phi) is 10.2. The van der Waals surface area contributed by atoms with Crippen LogP contribution >= 0.6 is 37.2 Å². The zero-order chi connectivity index (χ0) is 10.1. The van der Waals surface area contributed by atoms with E-state index in [9.17, 15) is 13.2 Å². The van der Waals surface area contributed by atoms with E-state index >= 15 is 0 Å². The molecule has 0 fully saturated rings. The Labute approximate surface area is 109 Å². The summed E-state index contributed by atoms with van der Waals surface area (Å²) in [6.45, 7) is 0. The number of hydrogen-bond acceptors (Lipinski definition) is 3. The third-order valence-corrected chi connectivity index (χ3v) is 1.46. The van der Waals surface area contributed by atoms with Gasteiger partial charge in [0.05, 0.1) is 5.69 Å². The van der Waals surface area contributed by atoms with Crippen LogP contribution in [-0.2, 0) is 0 Å². The molecule has 1 atom stereocenters. The highest BCUT2D eigenvalue weighted by Crippen LogP contribution is 2.29. The number of nitrogen functional groups attached to an aromatic ring is 1. The fraction of sp³-hybridized carbons (Fsp3) is 0.286. The van der Waals surface area contributed by atoms with Crippen molar-refractivity contribution in [1.82, 2.24) is 4.98 Å². The Bertz CT molecular complexity index is 308. The lowest BCUT2D eigenvalue weighted by molar-refractivity contribution is -0.149. The molecule has 0 saturated carbocycles. The molecular weight excluding hydrogens is 289 g/mol. The summed E-state index contributed by atoms with van der Waals surface area (Å²) in [7, 11) is 0. The molecule has 0 unspecified atom stereocenters. The molecule has 0 amide bonds. The summed E-state index contributed by atoms with van der Waals surface area (Å²) in [6.07, 6.45) is -4.49. The second-order valence-corrected chi connectivity index (χ2v) is 2.51. The van der Waals surface area contributed by atoms with Crippen molar-refractivity contribution in [2.75, 3.05) is 5.73 Å². The van der Waals surface area contributed by atoms with Crippen molar-refractivity contribution < 1.29 is 13.2 Å². The van der Waals surface area contributed by atoms with Crippen LogP contribution in [0.5, 0.6) is 0 Å². The van der Waals surface area contributed by atoms with E-state index in [1.807, 2.05) is 0 Å². The standard InChI is InChI=1S/C7H8F3N3.3ClH/c8-7(9,10)6(12)4-2-1-3-5(11)13-4;;;/h1-3,6H,12H2,(H2,11,13);3*1H/t6-;;;/m1.../s1. The van der Waals surface area contributed by atoms with E-state index < -0.39 is 12.2 Å². The van der Waals surface area contributed by atoms with Crippen LogP contribution in [0.15, 0.2) is 18.2 Å². The molecule has 1 aromatic rings. The fourth-order valence-corrected chi connectivity index (χ4v) is 0.810.